The van der Waals surface area contributed by atoms with Crippen LogP contribution in [-0.2, 0) is 4.79 Å². The Kier molecular flexibility index (Phi) is 6.15. The summed E-state index contributed by atoms with van der Waals surface area (Å²) in [6, 6.07) is 15.8. The largest absolute Gasteiger partial charge is 0.342 e. The van der Waals surface area contributed by atoms with Gasteiger partial charge in [-0.15, -0.1) is 23.5 Å². The number of rotatable bonds is 4. The van der Waals surface area contributed by atoms with E-state index in [2.05, 4.69) is 0 Å². The molecule has 0 aromatic heterocycles. The van der Waals surface area contributed by atoms with Gasteiger partial charge in [-0.05, 0) is 43.2 Å². The van der Waals surface area contributed by atoms with Gasteiger partial charge in [0.2, 0.25) is 5.91 Å². The van der Waals surface area contributed by atoms with E-state index < -0.39 is 5.82 Å². The first-order valence-electron chi connectivity index (χ1n) is 9.75. The maximum Gasteiger partial charge on any atom is 0.255 e. The van der Waals surface area contributed by atoms with Crippen LogP contribution in [0.3, 0.4) is 0 Å². The fourth-order valence-electron chi connectivity index (χ4n) is 3.95. The summed E-state index contributed by atoms with van der Waals surface area (Å²) in [6.45, 7) is 1.96. The molecule has 2 heterocycles. The van der Waals surface area contributed by atoms with Crippen LogP contribution in [0.2, 0.25) is 0 Å². The van der Waals surface area contributed by atoms with Gasteiger partial charge in [0.15, 0.2) is 0 Å². The molecule has 2 aliphatic rings. The lowest BCUT2D eigenvalue weighted by atomic mass is 10.0. The predicted octanol–water partition coefficient (Wildman–Crippen LogP) is 4.13. The van der Waals surface area contributed by atoms with Gasteiger partial charge in [0.25, 0.3) is 5.91 Å². The van der Waals surface area contributed by atoms with Crippen LogP contribution in [0.1, 0.15) is 23.2 Å². The molecule has 1 spiro atoms. The molecular weight excluding hydrogens is 407 g/mol. The number of hydrogen-bond acceptors (Lipinski definition) is 4. The molecule has 0 radical (unpaired) electrons. The molecule has 2 aliphatic heterocycles. The minimum atomic E-state index is -0.395. The summed E-state index contributed by atoms with van der Waals surface area (Å²) in [7, 11) is 0. The van der Waals surface area contributed by atoms with E-state index in [0.717, 1.165) is 23.5 Å². The van der Waals surface area contributed by atoms with Crippen LogP contribution >= 0.6 is 23.5 Å². The van der Waals surface area contributed by atoms with Gasteiger partial charge in [-0.2, -0.15) is 0 Å². The molecular formula is C22H23FN2O2S2. The maximum atomic E-state index is 13.6. The Morgan fingerprint density at radius 1 is 1.03 bits per heavy atom. The van der Waals surface area contributed by atoms with Gasteiger partial charge in [-0.3, -0.25) is 9.59 Å². The fraction of sp³-hybridized carbons (Fsp3) is 0.364. The third kappa shape index (κ3) is 4.46. The molecule has 0 saturated carbocycles. The van der Waals surface area contributed by atoms with Crippen molar-refractivity contribution in [2.45, 2.75) is 22.6 Å². The number of carbonyl (C=O) groups excluding carboxylic acids is 2. The minimum absolute atomic E-state index is 0.117. The molecule has 0 N–H and O–H groups in total. The average Bonchev–Trinajstić information content (AvgIpc) is 3.15. The van der Waals surface area contributed by atoms with E-state index in [1.807, 2.05) is 40.1 Å². The third-order valence-electron chi connectivity index (χ3n) is 5.50. The maximum absolute atomic E-state index is 13.6. The lowest BCUT2D eigenvalue weighted by Crippen LogP contribution is -2.53. The highest BCUT2D eigenvalue weighted by molar-refractivity contribution is 8.01. The van der Waals surface area contributed by atoms with Crippen LogP contribution in [0.5, 0.6) is 0 Å². The highest BCUT2D eigenvalue weighted by atomic mass is 32.2. The number of benzene rings is 2. The topological polar surface area (TPSA) is 40.6 Å². The van der Waals surface area contributed by atoms with Crippen molar-refractivity contribution < 1.29 is 14.0 Å². The number of nitrogens with zero attached hydrogens (tertiary/aromatic N) is 2. The van der Waals surface area contributed by atoms with Crippen LogP contribution in [0.15, 0.2) is 59.5 Å². The van der Waals surface area contributed by atoms with Crippen LogP contribution in [0, 0.1) is 5.82 Å². The van der Waals surface area contributed by atoms with E-state index in [1.54, 1.807) is 35.7 Å². The van der Waals surface area contributed by atoms with Gasteiger partial charge >= 0.3 is 0 Å². The minimum Gasteiger partial charge on any atom is -0.342 e. The smallest absolute Gasteiger partial charge is 0.255 e. The lowest BCUT2D eigenvalue weighted by molar-refractivity contribution is -0.129. The van der Waals surface area contributed by atoms with Crippen molar-refractivity contribution in [2.75, 3.05) is 31.1 Å². The number of likely N-dealkylation sites (tertiary alicyclic amines) is 1. The molecule has 0 unspecified atom stereocenters. The molecule has 29 heavy (non-hydrogen) atoms. The highest BCUT2D eigenvalue weighted by Crippen LogP contribution is 2.44. The fourth-order valence-corrected chi connectivity index (χ4v) is 6.22. The van der Waals surface area contributed by atoms with Crippen molar-refractivity contribution in [1.29, 1.82) is 0 Å². The van der Waals surface area contributed by atoms with Crippen LogP contribution in [0.4, 0.5) is 4.39 Å². The molecule has 152 valence electrons. The van der Waals surface area contributed by atoms with Gasteiger partial charge in [0, 0.05) is 35.8 Å². The monoisotopic (exact) mass is 430 g/mol. The molecule has 2 saturated heterocycles. The van der Waals surface area contributed by atoms with Crippen molar-refractivity contribution >= 4 is 35.3 Å². The summed E-state index contributed by atoms with van der Waals surface area (Å²) in [5.41, 5.74) is 0.393. The second-order valence-corrected chi connectivity index (χ2v) is 9.75. The van der Waals surface area contributed by atoms with Crippen molar-refractivity contribution in [1.82, 2.24) is 9.80 Å². The molecule has 2 aromatic rings. The number of thioether (sulfide) groups is 2. The molecule has 0 atom stereocenters. The lowest BCUT2D eigenvalue weighted by Gasteiger charge is -2.44. The summed E-state index contributed by atoms with van der Waals surface area (Å²) in [4.78, 5) is 30.2. The number of hydrogen-bond donors (Lipinski definition) is 0. The number of carbonyl (C=O) groups is 2. The van der Waals surface area contributed by atoms with E-state index in [0.29, 0.717) is 31.0 Å². The Morgan fingerprint density at radius 3 is 2.52 bits per heavy atom. The SMILES string of the molecule is O=C(CSc1ccccc1)N1CCC2(CC1)SCCN2C(=O)c1cccc(F)c1. The summed E-state index contributed by atoms with van der Waals surface area (Å²) in [5.74, 6) is 0.927. The number of amides is 2. The average molecular weight is 431 g/mol. The third-order valence-corrected chi connectivity index (χ3v) is 8.05. The first-order chi connectivity index (χ1) is 14.1. The summed E-state index contributed by atoms with van der Waals surface area (Å²) >= 11 is 3.35. The normalized spacial score (nSPS) is 18.2. The Balaban J connectivity index is 1.37. The predicted molar refractivity (Wildman–Crippen MR) is 116 cm³/mol. The molecule has 2 aromatic carbocycles. The summed E-state index contributed by atoms with van der Waals surface area (Å²) < 4.78 is 13.6. The Morgan fingerprint density at radius 2 is 1.79 bits per heavy atom. The number of halogens is 1. The summed E-state index contributed by atoms with van der Waals surface area (Å²) in [6.07, 6.45) is 1.50. The van der Waals surface area contributed by atoms with Gasteiger partial charge in [0.05, 0.1) is 10.6 Å². The first kappa shape index (κ1) is 20.3. The van der Waals surface area contributed by atoms with E-state index in [4.69, 9.17) is 0 Å². The highest BCUT2D eigenvalue weighted by Gasteiger charge is 2.47. The summed E-state index contributed by atoms with van der Waals surface area (Å²) in [5, 5.41) is 0. The van der Waals surface area contributed by atoms with Crippen molar-refractivity contribution in [2.24, 2.45) is 0 Å². The molecule has 4 rings (SSSR count). The second-order valence-electron chi connectivity index (χ2n) is 7.24. The Bertz CT molecular complexity index is 885. The molecule has 2 amide bonds. The van der Waals surface area contributed by atoms with E-state index >= 15 is 0 Å². The molecule has 0 aliphatic carbocycles. The quantitative estimate of drug-likeness (QED) is 0.684. The van der Waals surface area contributed by atoms with Crippen LogP contribution < -0.4 is 0 Å². The molecule has 4 nitrogen and oxygen atoms in total. The number of piperidine rings is 1. The van der Waals surface area contributed by atoms with E-state index in [-0.39, 0.29) is 16.7 Å². The molecule has 7 heteroatoms. The van der Waals surface area contributed by atoms with Gasteiger partial charge < -0.3 is 9.80 Å². The Labute approximate surface area is 178 Å². The second kappa shape index (κ2) is 8.79. The zero-order chi connectivity index (χ0) is 20.3. The van der Waals surface area contributed by atoms with Gasteiger partial charge in [-0.25, -0.2) is 4.39 Å². The van der Waals surface area contributed by atoms with Gasteiger partial charge in [-0.1, -0.05) is 24.3 Å². The zero-order valence-electron chi connectivity index (χ0n) is 16.1. The molecule has 0 bridgehead atoms. The zero-order valence-corrected chi connectivity index (χ0v) is 17.7. The van der Waals surface area contributed by atoms with Gasteiger partial charge in [0.1, 0.15) is 5.82 Å². The van der Waals surface area contributed by atoms with E-state index in [1.165, 1.54) is 12.1 Å². The van der Waals surface area contributed by atoms with Crippen molar-refractivity contribution in [3.63, 3.8) is 0 Å². The standard InChI is InChI=1S/C22H23FN2O2S2/c23-18-6-4-5-17(15-18)21(27)25-13-14-29-22(25)9-11-24(12-10-22)20(26)16-28-19-7-2-1-3-8-19/h1-8,15H,9-14,16H2. The van der Waals surface area contributed by atoms with Crippen LogP contribution in [0.25, 0.3) is 0 Å². The molecule has 2 fully saturated rings. The van der Waals surface area contributed by atoms with Crippen molar-refractivity contribution in [3.05, 3.63) is 66.0 Å². The van der Waals surface area contributed by atoms with Crippen LogP contribution in [-0.4, -0.2) is 57.6 Å². The van der Waals surface area contributed by atoms with Crippen molar-refractivity contribution in [3.8, 4) is 0 Å². The first-order valence-corrected chi connectivity index (χ1v) is 11.7. The Hall–Kier alpha value is -1.99. The van der Waals surface area contributed by atoms with E-state index in [9.17, 15) is 14.0 Å².